The van der Waals surface area contributed by atoms with Gasteiger partial charge in [0.25, 0.3) is 0 Å². The van der Waals surface area contributed by atoms with E-state index in [1.807, 2.05) is 6.92 Å². The minimum absolute atomic E-state index is 0.0319. The summed E-state index contributed by atoms with van der Waals surface area (Å²) >= 11 is 0. The van der Waals surface area contributed by atoms with Gasteiger partial charge in [-0.15, -0.1) is 0 Å². The Morgan fingerprint density at radius 1 is 1.19 bits per heavy atom. The van der Waals surface area contributed by atoms with Crippen LogP contribution in [0.4, 0.5) is 4.79 Å². The second-order valence-corrected chi connectivity index (χ2v) is 4.12. The van der Waals surface area contributed by atoms with Gasteiger partial charge in [-0.2, -0.15) is 0 Å². The van der Waals surface area contributed by atoms with Crippen molar-refractivity contribution in [1.29, 1.82) is 0 Å². The van der Waals surface area contributed by atoms with Gasteiger partial charge in [0.05, 0.1) is 6.17 Å². The fourth-order valence-electron chi connectivity index (χ4n) is 1.74. The van der Waals surface area contributed by atoms with Crippen molar-refractivity contribution in [3.05, 3.63) is 0 Å². The van der Waals surface area contributed by atoms with Gasteiger partial charge in [0.1, 0.15) is 0 Å². The van der Waals surface area contributed by atoms with Crippen LogP contribution in [-0.2, 0) is 0 Å². The lowest BCUT2D eigenvalue weighted by atomic mass is 10.2. The van der Waals surface area contributed by atoms with Gasteiger partial charge in [-0.25, -0.2) is 4.79 Å². The average molecular weight is 230 g/mol. The molecule has 0 aliphatic carbocycles. The van der Waals surface area contributed by atoms with Crippen molar-refractivity contribution < 1.29 is 9.90 Å². The first-order valence-electron chi connectivity index (χ1n) is 6.39. The molecule has 1 amide bonds. The zero-order valence-electron chi connectivity index (χ0n) is 10.8. The van der Waals surface area contributed by atoms with Crippen molar-refractivity contribution in [2.24, 2.45) is 0 Å². The predicted octanol–water partition coefficient (Wildman–Crippen LogP) is 2.89. The van der Waals surface area contributed by atoms with E-state index in [9.17, 15) is 4.79 Å². The van der Waals surface area contributed by atoms with Gasteiger partial charge in [-0.1, -0.05) is 33.6 Å². The number of nitrogens with one attached hydrogen (secondary N) is 1. The maximum atomic E-state index is 10.7. The fourth-order valence-corrected chi connectivity index (χ4v) is 1.74. The van der Waals surface area contributed by atoms with E-state index in [-0.39, 0.29) is 6.17 Å². The minimum atomic E-state index is -0.926. The first-order chi connectivity index (χ1) is 7.65. The molecule has 0 aromatic carbocycles. The van der Waals surface area contributed by atoms with Gasteiger partial charge >= 0.3 is 6.09 Å². The Balaban J connectivity index is 4.23. The van der Waals surface area contributed by atoms with E-state index in [2.05, 4.69) is 24.1 Å². The Morgan fingerprint density at radius 3 is 2.00 bits per heavy atom. The molecular formula is C12H26N2O2. The molecule has 0 rings (SSSR count). The number of carboxylic acid groups (broad SMARTS) is 1. The van der Waals surface area contributed by atoms with Gasteiger partial charge in [-0.3, -0.25) is 4.90 Å². The van der Waals surface area contributed by atoms with Crippen molar-refractivity contribution in [2.75, 3.05) is 13.1 Å². The average Bonchev–Trinajstić information content (AvgIpc) is 2.26. The summed E-state index contributed by atoms with van der Waals surface area (Å²) in [5.41, 5.74) is 0. The molecule has 4 nitrogen and oxygen atoms in total. The van der Waals surface area contributed by atoms with E-state index in [1.165, 1.54) is 0 Å². The van der Waals surface area contributed by atoms with Crippen LogP contribution < -0.4 is 5.32 Å². The molecule has 0 saturated carbocycles. The van der Waals surface area contributed by atoms with Crippen LogP contribution in [0.2, 0.25) is 0 Å². The Morgan fingerprint density at radius 2 is 1.69 bits per heavy atom. The third-order valence-electron chi connectivity index (χ3n) is 2.72. The summed E-state index contributed by atoms with van der Waals surface area (Å²) in [6.45, 7) is 8.29. The summed E-state index contributed by atoms with van der Waals surface area (Å²) in [5.74, 6) is 0. The lowest BCUT2D eigenvalue weighted by Gasteiger charge is -2.30. The molecule has 0 bridgehead atoms. The van der Waals surface area contributed by atoms with Crippen LogP contribution in [0.3, 0.4) is 0 Å². The third kappa shape index (κ3) is 6.67. The first-order valence-corrected chi connectivity index (χ1v) is 6.39. The third-order valence-corrected chi connectivity index (χ3v) is 2.72. The highest BCUT2D eigenvalue weighted by Gasteiger charge is 2.17. The number of hydrogen-bond donors (Lipinski definition) is 2. The number of amides is 1. The molecule has 0 fully saturated rings. The Bertz CT molecular complexity index is 178. The van der Waals surface area contributed by atoms with E-state index in [0.29, 0.717) is 0 Å². The zero-order chi connectivity index (χ0) is 12.4. The topological polar surface area (TPSA) is 52.6 Å². The highest BCUT2D eigenvalue weighted by atomic mass is 16.4. The van der Waals surface area contributed by atoms with E-state index in [0.717, 1.165) is 45.2 Å². The minimum Gasteiger partial charge on any atom is -0.465 e. The van der Waals surface area contributed by atoms with Gasteiger partial charge in [0, 0.05) is 13.1 Å². The summed E-state index contributed by atoms with van der Waals surface area (Å²) in [4.78, 5) is 12.9. The number of carbonyl (C=O) groups is 1. The molecule has 0 heterocycles. The van der Waals surface area contributed by atoms with Gasteiger partial charge in [0.2, 0.25) is 0 Å². The number of nitrogens with zero attached hydrogens (tertiary/aromatic N) is 1. The van der Waals surface area contributed by atoms with Crippen LogP contribution >= 0.6 is 0 Å². The fraction of sp³-hybridized carbons (Fsp3) is 0.917. The van der Waals surface area contributed by atoms with E-state index < -0.39 is 6.09 Å². The first kappa shape index (κ1) is 15.2. The molecule has 96 valence electrons. The van der Waals surface area contributed by atoms with Gasteiger partial charge < -0.3 is 10.4 Å². The molecule has 0 aliphatic rings. The van der Waals surface area contributed by atoms with Crippen LogP contribution in [0.15, 0.2) is 0 Å². The molecule has 0 aromatic rings. The highest BCUT2D eigenvalue weighted by molar-refractivity contribution is 5.64. The van der Waals surface area contributed by atoms with E-state index in [4.69, 9.17) is 5.11 Å². The molecule has 1 unspecified atom stereocenters. The summed E-state index contributed by atoms with van der Waals surface area (Å²) in [7, 11) is 0. The monoisotopic (exact) mass is 230 g/mol. The lowest BCUT2D eigenvalue weighted by Crippen LogP contribution is -2.48. The SMILES string of the molecule is CCCCN(CCCC)C(CC)NC(=O)O. The predicted molar refractivity (Wildman–Crippen MR) is 66.6 cm³/mol. The number of rotatable bonds is 9. The van der Waals surface area contributed by atoms with Crippen LogP contribution in [-0.4, -0.2) is 35.4 Å². The molecular weight excluding hydrogens is 204 g/mol. The van der Waals surface area contributed by atoms with Crippen molar-refractivity contribution >= 4 is 6.09 Å². The van der Waals surface area contributed by atoms with Crippen LogP contribution in [0, 0.1) is 0 Å². The van der Waals surface area contributed by atoms with Crippen molar-refractivity contribution in [1.82, 2.24) is 10.2 Å². The van der Waals surface area contributed by atoms with E-state index in [1.54, 1.807) is 0 Å². The van der Waals surface area contributed by atoms with Crippen molar-refractivity contribution in [2.45, 2.75) is 59.0 Å². The molecule has 0 spiro atoms. The van der Waals surface area contributed by atoms with Gasteiger partial charge in [0.15, 0.2) is 0 Å². The maximum Gasteiger partial charge on any atom is 0.405 e. The molecule has 16 heavy (non-hydrogen) atoms. The summed E-state index contributed by atoms with van der Waals surface area (Å²) in [6, 6.07) is 0. The Kier molecular flexibility index (Phi) is 9.00. The molecule has 0 aromatic heterocycles. The largest absolute Gasteiger partial charge is 0.465 e. The molecule has 4 heteroatoms. The maximum absolute atomic E-state index is 10.7. The smallest absolute Gasteiger partial charge is 0.405 e. The van der Waals surface area contributed by atoms with Gasteiger partial charge in [-0.05, 0) is 19.3 Å². The molecule has 0 saturated heterocycles. The van der Waals surface area contributed by atoms with Crippen LogP contribution in [0.1, 0.15) is 52.9 Å². The molecule has 2 N–H and O–H groups in total. The second-order valence-electron chi connectivity index (χ2n) is 4.12. The number of unbranched alkanes of at least 4 members (excludes halogenated alkanes) is 2. The standard InChI is InChI=1S/C12H26N2O2/c1-4-7-9-14(10-8-5-2)11(6-3)13-12(15)16/h11,13H,4-10H2,1-3H3,(H,15,16). The van der Waals surface area contributed by atoms with Crippen molar-refractivity contribution in [3.63, 3.8) is 0 Å². The van der Waals surface area contributed by atoms with Crippen LogP contribution in [0.25, 0.3) is 0 Å². The second kappa shape index (κ2) is 9.46. The molecule has 0 radical (unpaired) electrons. The molecule has 0 aliphatic heterocycles. The van der Waals surface area contributed by atoms with E-state index >= 15 is 0 Å². The quantitative estimate of drug-likeness (QED) is 0.599. The Hall–Kier alpha value is -0.770. The zero-order valence-corrected chi connectivity index (χ0v) is 10.8. The summed E-state index contributed by atoms with van der Waals surface area (Å²) in [6.07, 6.45) is 4.40. The summed E-state index contributed by atoms with van der Waals surface area (Å²) < 4.78 is 0. The van der Waals surface area contributed by atoms with Crippen LogP contribution in [0.5, 0.6) is 0 Å². The van der Waals surface area contributed by atoms with Crippen molar-refractivity contribution in [3.8, 4) is 0 Å². The Labute approximate surface area is 99.0 Å². The summed E-state index contributed by atoms with van der Waals surface area (Å²) in [5, 5.41) is 11.4. The molecule has 1 atom stereocenters. The highest BCUT2D eigenvalue weighted by Crippen LogP contribution is 2.06. The lowest BCUT2D eigenvalue weighted by molar-refractivity contribution is 0.135. The normalized spacial score (nSPS) is 12.8. The number of hydrogen-bond acceptors (Lipinski definition) is 2.